The Labute approximate surface area is 224 Å². The fourth-order valence-corrected chi connectivity index (χ4v) is 3.34. The molecule has 0 aliphatic heterocycles. The van der Waals surface area contributed by atoms with Crippen LogP contribution in [-0.4, -0.2) is 66.0 Å². The quantitative estimate of drug-likeness (QED) is 0.247. The van der Waals surface area contributed by atoms with Crippen LogP contribution in [0.15, 0.2) is 42.6 Å². The van der Waals surface area contributed by atoms with Gasteiger partial charge in [0.15, 0.2) is 5.69 Å². The lowest BCUT2D eigenvalue weighted by Crippen LogP contribution is -2.33. The van der Waals surface area contributed by atoms with Gasteiger partial charge in [-0.15, -0.1) is 5.10 Å². The fraction of sp³-hybridized carbons (Fsp3) is 0.304. The van der Waals surface area contributed by atoms with Crippen molar-refractivity contribution in [1.82, 2.24) is 25.6 Å². The Morgan fingerprint density at radius 1 is 0.974 bits per heavy atom. The van der Waals surface area contributed by atoms with Crippen molar-refractivity contribution in [3.05, 3.63) is 69.5 Å². The Balaban J connectivity index is 1.75. The Kier molecular flexibility index (Phi) is 10.3. The third-order valence-electron chi connectivity index (χ3n) is 4.79. The fourth-order valence-electron chi connectivity index (χ4n) is 3.02. The van der Waals surface area contributed by atoms with E-state index in [0.717, 1.165) is 0 Å². The summed E-state index contributed by atoms with van der Waals surface area (Å²) in [6.07, 6.45) is -3.28. The molecule has 1 aromatic heterocycles. The van der Waals surface area contributed by atoms with Gasteiger partial charge in [-0.1, -0.05) is 34.5 Å². The van der Waals surface area contributed by atoms with Crippen LogP contribution in [0, 0.1) is 0 Å². The van der Waals surface area contributed by atoms with Crippen molar-refractivity contribution in [2.45, 2.75) is 12.7 Å². The molecule has 0 fully saturated rings. The van der Waals surface area contributed by atoms with E-state index in [1.54, 1.807) is 23.5 Å². The van der Waals surface area contributed by atoms with Gasteiger partial charge in [-0.2, -0.15) is 13.2 Å². The average molecular weight is 578 g/mol. The third kappa shape index (κ3) is 8.57. The lowest BCUT2D eigenvalue weighted by atomic mass is 10.1. The zero-order valence-electron chi connectivity index (χ0n) is 19.5. The van der Waals surface area contributed by atoms with Crippen molar-refractivity contribution < 1.29 is 36.6 Å². The summed E-state index contributed by atoms with van der Waals surface area (Å²) in [6, 6.07) is 8.74. The molecule has 2 amide bonds. The number of rotatable bonds is 12. The lowest BCUT2D eigenvalue weighted by molar-refractivity contribution is -0.123. The number of hydrogen-bond donors (Lipinski definition) is 2. The molecule has 0 aliphatic rings. The molecule has 38 heavy (non-hydrogen) atoms. The number of alkyl halides is 4. The summed E-state index contributed by atoms with van der Waals surface area (Å²) in [4.78, 5) is 24.8. The highest BCUT2D eigenvalue weighted by molar-refractivity contribution is 6.42. The zero-order valence-corrected chi connectivity index (χ0v) is 21.0. The van der Waals surface area contributed by atoms with Crippen LogP contribution in [0.3, 0.4) is 0 Å². The van der Waals surface area contributed by atoms with Gasteiger partial charge in [0.25, 0.3) is 11.8 Å². The van der Waals surface area contributed by atoms with Crippen LogP contribution < -0.4 is 15.4 Å². The average Bonchev–Trinajstić information content (AvgIpc) is 3.37. The molecule has 2 aromatic carbocycles. The molecule has 1 heterocycles. The summed E-state index contributed by atoms with van der Waals surface area (Å²) in [7, 11) is 0. The van der Waals surface area contributed by atoms with E-state index in [2.05, 4.69) is 15.6 Å². The van der Waals surface area contributed by atoms with Crippen LogP contribution in [0.1, 0.15) is 26.4 Å². The van der Waals surface area contributed by atoms with E-state index in [1.807, 2.05) is 0 Å². The van der Waals surface area contributed by atoms with Crippen molar-refractivity contribution >= 4 is 35.0 Å². The van der Waals surface area contributed by atoms with Crippen LogP contribution >= 0.6 is 23.2 Å². The van der Waals surface area contributed by atoms with Crippen LogP contribution in [0.25, 0.3) is 5.69 Å². The standard InChI is InChI=1S/C23H21Cl2F4N5O4/c24-16-3-1-14(9-17(16)25)11-30-22(36)18-12-34(33-32-18)19-4-2-15(21(35)31-13-23(27,28)29)10-20(19)38-8-7-37-6-5-26/h1-4,9-10,12H,5-8,11,13H2,(H,30,36)(H,31,35). The molecule has 9 nitrogen and oxygen atoms in total. The molecule has 0 saturated carbocycles. The third-order valence-corrected chi connectivity index (χ3v) is 5.53. The number of ether oxygens (including phenoxy) is 2. The highest BCUT2D eigenvalue weighted by Gasteiger charge is 2.28. The van der Waals surface area contributed by atoms with E-state index in [-0.39, 0.29) is 49.1 Å². The Bertz CT molecular complexity index is 1270. The van der Waals surface area contributed by atoms with Gasteiger partial charge in [0.2, 0.25) is 0 Å². The summed E-state index contributed by atoms with van der Waals surface area (Å²) in [5, 5.41) is 12.9. The number of carbonyl (C=O) groups is 2. The van der Waals surface area contributed by atoms with Gasteiger partial charge in [0, 0.05) is 12.1 Å². The van der Waals surface area contributed by atoms with Gasteiger partial charge < -0.3 is 20.1 Å². The minimum atomic E-state index is -4.58. The second kappa shape index (κ2) is 13.4. The Hall–Kier alpha value is -3.42. The molecule has 2 N–H and O–H groups in total. The molecule has 0 atom stereocenters. The second-order valence-corrected chi connectivity index (χ2v) is 8.42. The number of nitrogens with one attached hydrogen (secondary N) is 2. The summed E-state index contributed by atoms with van der Waals surface area (Å²) in [5.74, 6) is -1.48. The number of aromatic nitrogens is 3. The first-order valence-electron chi connectivity index (χ1n) is 11.0. The topological polar surface area (TPSA) is 107 Å². The minimum Gasteiger partial charge on any atom is -0.489 e. The smallest absolute Gasteiger partial charge is 0.405 e. The van der Waals surface area contributed by atoms with E-state index in [0.29, 0.717) is 15.6 Å². The lowest BCUT2D eigenvalue weighted by Gasteiger charge is -2.14. The molecule has 0 bridgehead atoms. The molecule has 0 radical (unpaired) electrons. The molecular formula is C23H21Cl2F4N5O4. The highest BCUT2D eigenvalue weighted by Crippen LogP contribution is 2.25. The van der Waals surface area contributed by atoms with E-state index < -0.39 is 31.2 Å². The molecule has 204 valence electrons. The van der Waals surface area contributed by atoms with Crippen LogP contribution in [0.4, 0.5) is 17.6 Å². The van der Waals surface area contributed by atoms with Gasteiger partial charge in [0.05, 0.1) is 29.5 Å². The van der Waals surface area contributed by atoms with Crippen LogP contribution in [0.5, 0.6) is 5.75 Å². The van der Waals surface area contributed by atoms with Crippen molar-refractivity contribution in [2.75, 3.05) is 33.0 Å². The molecule has 0 spiro atoms. The first-order chi connectivity index (χ1) is 18.1. The molecular weight excluding hydrogens is 557 g/mol. The number of carbonyl (C=O) groups excluding carboxylic acids is 2. The van der Waals surface area contributed by atoms with Crippen molar-refractivity contribution in [3.8, 4) is 11.4 Å². The molecule has 0 saturated heterocycles. The number of hydrogen-bond acceptors (Lipinski definition) is 6. The Morgan fingerprint density at radius 3 is 2.47 bits per heavy atom. The van der Waals surface area contributed by atoms with Gasteiger partial charge in [-0.3, -0.25) is 9.59 Å². The molecule has 0 unspecified atom stereocenters. The van der Waals surface area contributed by atoms with E-state index >= 15 is 0 Å². The number of halogens is 6. The first-order valence-corrected chi connectivity index (χ1v) is 11.7. The second-order valence-electron chi connectivity index (χ2n) is 7.61. The van der Waals surface area contributed by atoms with Gasteiger partial charge in [-0.05, 0) is 35.9 Å². The van der Waals surface area contributed by atoms with E-state index in [1.165, 1.54) is 29.1 Å². The van der Waals surface area contributed by atoms with Crippen LogP contribution in [-0.2, 0) is 11.3 Å². The predicted molar refractivity (Wildman–Crippen MR) is 130 cm³/mol. The van der Waals surface area contributed by atoms with Gasteiger partial charge in [0.1, 0.15) is 31.3 Å². The maximum Gasteiger partial charge on any atom is 0.405 e. The van der Waals surface area contributed by atoms with Crippen LogP contribution in [0.2, 0.25) is 10.0 Å². The van der Waals surface area contributed by atoms with Gasteiger partial charge in [-0.25, -0.2) is 9.07 Å². The molecule has 3 rings (SSSR count). The highest BCUT2D eigenvalue weighted by atomic mass is 35.5. The van der Waals surface area contributed by atoms with Crippen molar-refractivity contribution in [2.24, 2.45) is 0 Å². The summed E-state index contributed by atoms with van der Waals surface area (Å²) >= 11 is 11.9. The molecule has 0 aliphatic carbocycles. The normalized spacial score (nSPS) is 11.3. The van der Waals surface area contributed by atoms with Crippen molar-refractivity contribution in [1.29, 1.82) is 0 Å². The monoisotopic (exact) mass is 577 g/mol. The zero-order chi connectivity index (χ0) is 27.7. The van der Waals surface area contributed by atoms with E-state index in [9.17, 15) is 27.2 Å². The predicted octanol–water partition coefficient (Wildman–Crippen LogP) is 4.16. The Morgan fingerprint density at radius 2 is 1.76 bits per heavy atom. The number of amides is 2. The van der Waals surface area contributed by atoms with E-state index in [4.69, 9.17) is 32.7 Å². The maximum absolute atomic E-state index is 12.6. The maximum atomic E-state index is 12.6. The number of nitrogens with zero attached hydrogens (tertiary/aromatic N) is 3. The summed E-state index contributed by atoms with van der Waals surface area (Å²) in [6.45, 7) is -2.25. The van der Waals surface area contributed by atoms with Crippen molar-refractivity contribution in [3.63, 3.8) is 0 Å². The summed E-state index contributed by atoms with van der Waals surface area (Å²) < 4.78 is 61.5. The SMILES string of the molecule is O=C(NCC(F)(F)F)c1ccc(-n2cc(C(=O)NCc3ccc(Cl)c(Cl)c3)nn2)c(OCCOCCF)c1. The molecule has 15 heteroatoms. The first kappa shape index (κ1) is 29.1. The number of benzene rings is 2. The summed E-state index contributed by atoms with van der Waals surface area (Å²) in [5.41, 5.74) is 0.774. The largest absolute Gasteiger partial charge is 0.489 e. The molecule has 3 aromatic rings. The van der Waals surface area contributed by atoms with Gasteiger partial charge >= 0.3 is 6.18 Å². The minimum absolute atomic E-state index is 0.00753.